The third-order valence-electron chi connectivity index (χ3n) is 2.75. The SMILES string of the molecule is CSc1ccccc1OCc1ccc([N+](=O)[O-])c(N)c1. The van der Waals surface area contributed by atoms with Gasteiger partial charge in [0.1, 0.15) is 18.0 Å². The summed E-state index contributed by atoms with van der Waals surface area (Å²) in [5.74, 6) is 0.789. The molecule has 2 aromatic rings. The number of nitrogens with zero attached hydrogens (tertiary/aromatic N) is 1. The fourth-order valence-electron chi connectivity index (χ4n) is 1.76. The van der Waals surface area contributed by atoms with E-state index in [0.717, 1.165) is 16.2 Å². The summed E-state index contributed by atoms with van der Waals surface area (Å²) in [6.45, 7) is 0.319. The number of nitrogens with two attached hydrogens (primary N) is 1. The topological polar surface area (TPSA) is 78.4 Å². The summed E-state index contributed by atoms with van der Waals surface area (Å²) >= 11 is 1.60. The lowest BCUT2D eigenvalue weighted by molar-refractivity contribution is -0.383. The van der Waals surface area contributed by atoms with Crippen LogP contribution in [0.4, 0.5) is 11.4 Å². The maximum Gasteiger partial charge on any atom is 0.292 e. The average Bonchev–Trinajstić information content (AvgIpc) is 2.45. The van der Waals surface area contributed by atoms with Crippen molar-refractivity contribution in [3.8, 4) is 5.75 Å². The third-order valence-corrected chi connectivity index (χ3v) is 3.53. The quantitative estimate of drug-likeness (QED) is 0.395. The lowest BCUT2D eigenvalue weighted by atomic mass is 10.2. The van der Waals surface area contributed by atoms with E-state index >= 15 is 0 Å². The minimum atomic E-state index is -0.497. The highest BCUT2D eigenvalue weighted by Gasteiger charge is 2.11. The molecule has 2 N–H and O–H groups in total. The minimum Gasteiger partial charge on any atom is -0.488 e. The van der Waals surface area contributed by atoms with Gasteiger partial charge in [-0.25, -0.2) is 0 Å². The molecular weight excluding hydrogens is 276 g/mol. The Kier molecular flexibility index (Phi) is 4.47. The Morgan fingerprint density at radius 1 is 1.30 bits per heavy atom. The number of ether oxygens (including phenoxy) is 1. The molecule has 20 heavy (non-hydrogen) atoms. The van der Waals surface area contributed by atoms with Crippen LogP contribution in [-0.2, 0) is 6.61 Å². The summed E-state index contributed by atoms with van der Waals surface area (Å²) in [5.41, 5.74) is 6.50. The van der Waals surface area contributed by atoms with Gasteiger partial charge in [0.2, 0.25) is 0 Å². The number of thioether (sulfide) groups is 1. The van der Waals surface area contributed by atoms with Crippen LogP contribution < -0.4 is 10.5 Å². The number of nitro benzene ring substituents is 1. The Morgan fingerprint density at radius 3 is 2.70 bits per heavy atom. The maximum absolute atomic E-state index is 10.7. The highest BCUT2D eigenvalue weighted by atomic mass is 32.2. The number of hydrogen-bond donors (Lipinski definition) is 1. The number of nitro groups is 1. The Bertz CT molecular complexity index is 632. The first-order valence-electron chi connectivity index (χ1n) is 5.90. The Hall–Kier alpha value is -2.21. The number of nitrogen functional groups attached to an aromatic ring is 1. The summed E-state index contributed by atoms with van der Waals surface area (Å²) < 4.78 is 5.72. The number of para-hydroxylation sites is 1. The van der Waals surface area contributed by atoms with Crippen LogP contribution in [-0.4, -0.2) is 11.2 Å². The van der Waals surface area contributed by atoms with Gasteiger partial charge < -0.3 is 10.5 Å². The van der Waals surface area contributed by atoms with Gasteiger partial charge in [-0.1, -0.05) is 12.1 Å². The van der Waals surface area contributed by atoms with Crippen LogP contribution in [0.15, 0.2) is 47.4 Å². The monoisotopic (exact) mass is 290 g/mol. The molecule has 0 spiro atoms. The van der Waals surface area contributed by atoms with Gasteiger partial charge in [0.25, 0.3) is 5.69 Å². The van der Waals surface area contributed by atoms with Crippen molar-refractivity contribution in [3.63, 3.8) is 0 Å². The molecule has 0 unspecified atom stereocenters. The Labute approximate surface area is 120 Å². The van der Waals surface area contributed by atoms with Crippen molar-refractivity contribution in [1.82, 2.24) is 0 Å². The molecule has 0 aromatic heterocycles. The van der Waals surface area contributed by atoms with Crippen LogP contribution in [0.3, 0.4) is 0 Å². The molecular formula is C14H14N2O3S. The van der Waals surface area contributed by atoms with E-state index in [9.17, 15) is 10.1 Å². The van der Waals surface area contributed by atoms with Crippen molar-refractivity contribution in [2.24, 2.45) is 0 Å². The lowest BCUT2D eigenvalue weighted by Gasteiger charge is -2.10. The van der Waals surface area contributed by atoms with E-state index in [0.29, 0.717) is 6.61 Å². The van der Waals surface area contributed by atoms with Crippen LogP contribution in [0, 0.1) is 10.1 Å². The van der Waals surface area contributed by atoms with Gasteiger partial charge in [0.05, 0.1) is 4.92 Å². The molecule has 5 nitrogen and oxygen atoms in total. The molecule has 0 saturated heterocycles. The molecule has 0 fully saturated rings. The summed E-state index contributed by atoms with van der Waals surface area (Å²) in [4.78, 5) is 11.2. The van der Waals surface area contributed by atoms with Crippen LogP contribution in [0.2, 0.25) is 0 Å². The third kappa shape index (κ3) is 3.21. The highest BCUT2D eigenvalue weighted by Crippen LogP contribution is 2.28. The van der Waals surface area contributed by atoms with Crippen molar-refractivity contribution in [1.29, 1.82) is 0 Å². The fraction of sp³-hybridized carbons (Fsp3) is 0.143. The van der Waals surface area contributed by atoms with E-state index < -0.39 is 4.92 Å². The first-order valence-corrected chi connectivity index (χ1v) is 7.13. The molecule has 2 aromatic carbocycles. The first-order chi connectivity index (χ1) is 9.61. The summed E-state index contributed by atoms with van der Waals surface area (Å²) in [6, 6.07) is 12.3. The van der Waals surface area contributed by atoms with Gasteiger partial charge in [-0.15, -0.1) is 11.8 Å². The molecule has 6 heteroatoms. The van der Waals surface area contributed by atoms with Crippen molar-refractivity contribution in [2.75, 3.05) is 12.0 Å². The molecule has 0 aliphatic carbocycles. The van der Waals surface area contributed by atoms with Gasteiger partial charge in [-0.3, -0.25) is 10.1 Å². The highest BCUT2D eigenvalue weighted by molar-refractivity contribution is 7.98. The average molecular weight is 290 g/mol. The number of hydrogen-bond acceptors (Lipinski definition) is 5. The van der Waals surface area contributed by atoms with E-state index in [4.69, 9.17) is 10.5 Å². The first kappa shape index (κ1) is 14.2. The zero-order valence-electron chi connectivity index (χ0n) is 10.9. The van der Waals surface area contributed by atoms with Crippen molar-refractivity contribution in [2.45, 2.75) is 11.5 Å². The summed E-state index contributed by atoms with van der Waals surface area (Å²) in [6.07, 6.45) is 1.98. The van der Waals surface area contributed by atoms with Gasteiger partial charge in [0.15, 0.2) is 0 Å². The zero-order chi connectivity index (χ0) is 14.5. The second-order valence-electron chi connectivity index (χ2n) is 4.09. The molecule has 0 heterocycles. The van der Waals surface area contributed by atoms with Gasteiger partial charge in [0, 0.05) is 11.0 Å². The Balaban J connectivity index is 2.11. The maximum atomic E-state index is 10.7. The second-order valence-corrected chi connectivity index (χ2v) is 4.94. The summed E-state index contributed by atoms with van der Waals surface area (Å²) in [5, 5.41) is 10.7. The molecule has 0 bridgehead atoms. The standard InChI is InChI=1S/C14H14N2O3S/c1-20-14-5-3-2-4-13(14)19-9-10-6-7-12(16(17)18)11(15)8-10/h2-8H,9,15H2,1H3. The molecule has 0 aliphatic heterocycles. The van der Waals surface area contributed by atoms with Crippen molar-refractivity contribution < 1.29 is 9.66 Å². The minimum absolute atomic E-state index is 0.0849. The van der Waals surface area contributed by atoms with Gasteiger partial charge in [-0.2, -0.15) is 0 Å². The molecule has 0 aliphatic rings. The normalized spacial score (nSPS) is 10.2. The van der Waals surface area contributed by atoms with Crippen LogP contribution in [0.25, 0.3) is 0 Å². The number of anilines is 1. The predicted octanol–water partition coefficient (Wildman–Crippen LogP) is 3.48. The van der Waals surface area contributed by atoms with E-state index in [1.807, 2.05) is 30.5 Å². The van der Waals surface area contributed by atoms with Gasteiger partial charge in [-0.05, 0) is 36.1 Å². The van der Waals surface area contributed by atoms with E-state index in [2.05, 4.69) is 0 Å². The van der Waals surface area contributed by atoms with Crippen LogP contribution in [0.5, 0.6) is 5.75 Å². The smallest absolute Gasteiger partial charge is 0.292 e. The van der Waals surface area contributed by atoms with Crippen LogP contribution in [0.1, 0.15) is 5.56 Å². The molecule has 0 amide bonds. The van der Waals surface area contributed by atoms with E-state index in [-0.39, 0.29) is 11.4 Å². The number of rotatable bonds is 5. The molecule has 0 atom stereocenters. The van der Waals surface area contributed by atoms with Gasteiger partial charge >= 0.3 is 0 Å². The predicted molar refractivity (Wildman–Crippen MR) is 80.1 cm³/mol. The van der Waals surface area contributed by atoms with E-state index in [1.165, 1.54) is 6.07 Å². The fourth-order valence-corrected chi connectivity index (χ4v) is 2.30. The van der Waals surface area contributed by atoms with E-state index in [1.54, 1.807) is 23.9 Å². The largest absolute Gasteiger partial charge is 0.488 e. The molecule has 2 rings (SSSR count). The zero-order valence-corrected chi connectivity index (χ0v) is 11.7. The Morgan fingerprint density at radius 2 is 2.05 bits per heavy atom. The molecule has 104 valence electrons. The van der Waals surface area contributed by atoms with Crippen molar-refractivity contribution >= 4 is 23.1 Å². The number of benzene rings is 2. The molecule has 0 radical (unpaired) electrons. The second kappa shape index (κ2) is 6.29. The lowest BCUT2D eigenvalue weighted by Crippen LogP contribution is -2.00. The molecule has 0 saturated carbocycles. The van der Waals surface area contributed by atoms with Crippen LogP contribution >= 0.6 is 11.8 Å². The summed E-state index contributed by atoms with van der Waals surface area (Å²) in [7, 11) is 0. The van der Waals surface area contributed by atoms with Crippen molar-refractivity contribution in [3.05, 3.63) is 58.1 Å².